The highest BCUT2D eigenvalue weighted by molar-refractivity contribution is 7.88. The van der Waals surface area contributed by atoms with E-state index in [1.54, 1.807) is 4.31 Å². The highest BCUT2D eigenvalue weighted by atomic mass is 32.2. The van der Waals surface area contributed by atoms with E-state index < -0.39 is 10.0 Å². The molecule has 1 saturated heterocycles. The minimum Gasteiger partial charge on any atom is -0.316 e. The molecular weight excluding hydrogens is 284 g/mol. The summed E-state index contributed by atoms with van der Waals surface area (Å²) >= 11 is 0. The van der Waals surface area contributed by atoms with Gasteiger partial charge in [-0.2, -0.15) is 0 Å². The normalized spacial score (nSPS) is 21.1. The maximum Gasteiger partial charge on any atom is 0.218 e. The van der Waals surface area contributed by atoms with E-state index in [9.17, 15) is 8.42 Å². The van der Waals surface area contributed by atoms with Gasteiger partial charge in [-0.05, 0) is 43.4 Å². The van der Waals surface area contributed by atoms with E-state index >= 15 is 0 Å². The van der Waals surface area contributed by atoms with Crippen LogP contribution < -0.4 is 5.32 Å². The maximum atomic E-state index is 12.5. The van der Waals surface area contributed by atoms with Gasteiger partial charge in [0.2, 0.25) is 10.0 Å². The van der Waals surface area contributed by atoms with Gasteiger partial charge in [-0.15, -0.1) is 0 Å². The van der Waals surface area contributed by atoms with Crippen LogP contribution in [0.15, 0.2) is 24.3 Å². The van der Waals surface area contributed by atoms with Crippen LogP contribution in [0.25, 0.3) is 0 Å². The predicted octanol–water partition coefficient (Wildman–Crippen LogP) is 2.36. The van der Waals surface area contributed by atoms with Gasteiger partial charge >= 0.3 is 0 Å². The summed E-state index contributed by atoms with van der Waals surface area (Å²) in [6.45, 7) is 4.35. The Labute approximate surface area is 128 Å². The third-order valence-electron chi connectivity index (χ3n) is 4.12. The van der Waals surface area contributed by atoms with Crippen LogP contribution in [0.4, 0.5) is 0 Å². The Kier molecular flexibility index (Phi) is 5.79. The molecule has 1 aromatic carbocycles. The molecule has 1 aliphatic rings. The molecule has 2 rings (SSSR count). The molecule has 5 heteroatoms. The summed E-state index contributed by atoms with van der Waals surface area (Å²) < 4.78 is 26.8. The largest absolute Gasteiger partial charge is 0.316 e. The lowest BCUT2D eigenvalue weighted by molar-refractivity contribution is 0.416. The molecule has 1 aromatic rings. The SMILES string of the molecule is CNCc1ccc(CS(=O)(=O)N2CCCC(C)CC2)cc1. The molecule has 0 aliphatic carbocycles. The molecule has 118 valence electrons. The summed E-state index contributed by atoms with van der Waals surface area (Å²) in [7, 11) is -1.29. The Morgan fingerprint density at radius 1 is 1.14 bits per heavy atom. The van der Waals surface area contributed by atoms with Crippen LogP contribution in [-0.2, 0) is 22.3 Å². The van der Waals surface area contributed by atoms with Crippen LogP contribution in [0.3, 0.4) is 0 Å². The highest BCUT2D eigenvalue weighted by Gasteiger charge is 2.24. The fourth-order valence-corrected chi connectivity index (χ4v) is 4.36. The lowest BCUT2D eigenvalue weighted by atomic mass is 10.0. The van der Waals surface area contributed by atoms with E-state index in [-0.39, 0.29) is 5.75 Å². The topological polar surface area (TPSA) is 49.4 Å². The Morgan fingerprint density at radius 3 is 2.48 bits per heavy atom. The smallest absolute Gasteiger partial charge is 0.218 e. The van der Waals surface area contributed by atoms with E-state index in [2.05, 4.69) is 12.2 Å². The van der Waals surface area contributed by atoms with Crippen LogP contribution in [0, 0.1) is 5.92 Å². The van der Waals surface area contributed by atoms with Crippen molar-refractivity contribution in [1.29, 1.82) is 0 Å². The lowest BCUT2D eigenvalue weighted by Crippen LogP contribution is -2.33. The molecule has 1 unspecified atom stereocenters. The number of benzene rings is 1. The van der Waals surface area contributed by atoms with Gasteiger partial charge in [0.05, 0.1) is 5.75 Å². The minimum absolute atomic E-state index is 0.112. The number of rotatable bonds is 5. The summed E-state index contributed by atoms with van der Waals surface area (Å²) in [5, 5.41) is 3.09. The van der Waals surface area contributed by atoms with E-state index in [1.165, 1.54) is 5.56 Å². The van der Waals surface area contributed by atoms with Gasteiger partial charge in [-0.3, -0.25) is 0 Å². The number of nitrogens with one attached hydrogen (secondary N) is 1. The first kappa shape index (κ1) is 16.5. The number of nitrogens with zero attached hydrogens (tertiary/aromatic N) is 1. The Morgan fingerprint density at radius 2 is 1.81 bits per heavy atom. The minimum atomic E-state index is -3.19. The van der Waals surface area contributed by atoms with Crippen molar-refractivity contribution in [2.24, 2.45) is 5.92 Å². The van der Waals surface area contributed by atoms with E-state index in [0.29, 0.717) is 19.0 Å². The first-order valence-electron chi connectivity index (χ1n) is 7.71. The van der Waals surface area contributed by atoms with Gasteiger partial charge in [-0.25, -0.2) is 12.7 Å². The second kappa shape index (κ2) is 7.38. The van der Waals surface area contributed by atoms with Crippen molar-refractivity contribution in [2.75, 3.05) is 20.1 Å². The third-order valence-corrected chi connectivity index (χ3v) is 5.97. The zero-order valence-electron chi connectivity index (χ0n) is 13.0. The predicted molar refractivity (Wildman–Crippen MR) is 86.4 cm³/mol. The molecule has 1 fully saturated rings. The summed E-state index contributed by atoms with van der Waals surface area (Å²) in [5.41, 5.74) is 2.04. The van der Waals surface area contributed by atoms with E-state index in [4.69, 9.17) is 0 Å². The molecule has 0 aromatic heterocycles. The quantitative estimate of drug-likeness (QED) is 0.908. The van der Waals surface area contributed by atoms with Gasteiger partial charge in [0, 0.05) is 19.6 Å². The van der Waals surface area contributed by atoms with E-state index in [1.807, 2.05) is 31.3 Å². The Hall–Kier alpha value is -0.910. The van der Waals surface area contributed by atoms with E-state index in [0.717, 1.165) is 31.4 Å². The fourth-order valence-electron chi connectivity index (χ4n) is 2.77. The molecule has 0 bridgehead atoms. The van der Waals surface area contributed by atoms with Gasteiger partial charge in [0.25, 0.3) is 0 Å². The summed E-state index contributed by atoms with van der Waals surface area (Å²) in [4.78, 5) is 0. The van der Waals surface area contributed by atoms with Crippen molar-refractivity contribution >= 4 is 10.0 Å². The molecule has 1 N–H and O–H groups in total. The number of hydrogen-bond donors (Lipinski definition) is 1. The number of hydrogen-bond acceptors (Lipinski definition) is 3. The van der Waals surface area contributed by atoms with Crippen LogP contribution in [0.5, 0.6) is 0 Å². The molecule has 1 heterocycles. The average molecular weight is 310 g/mol. The average Bonchev–Trinajstić information content (AvgIpc) is 2.66. The first-order chi connectivity index (χ1) is 10.0. The zero-order chi connectivity index (χ0) is 15.3. The molecule has 4 nitrogen and oxygen atoms in total. The van der Waals surface area contributed by atoms with Crippen molar-refractivity contribution in [1.82, 2.24) is 9.62 Å². The summed E-state index contributed by atoms with van der Waals surface area (Å²) in [6, 6.07) is 7.83. The third kappa shape index (κ3) is 4.80. The van der Waals surface area contributed by atoms with Crippen molar-refractivity contribution in [2.45, 2.75) is 38.5 Å². The van der Waals surface area contributed by atoms with Crippen molar-refractivity contribution in [3.63, 3.8) is 0 Å². The molecule has 0 spiro atoms. The molecule has 1 aliphatic heterocycles. The lowest BCUT2D eigenvalue weighted by Gasteiger charge is -2.20. The molecule has 1 atom stereocenters. The molecular formula is C16H26N2O2S. The zero-order valence-corrected chi connectivity index (χ0v) is 13.8. The Balaban J connectivity index is 2.02. The Bertz CT molecular complexity index is 540. The molecule has 0 amide bonds. The van der Waals surface area contributed by atoms with Gasteiger partial charge in [-0.1, -0.05) is 31.2 Å². The number of sulfonamides is 1. The van der Waals surface area contributed by atoms with Crippen LogP contribution in [-0.4, -0.2) is 32.9 Å². The standard InChI is InChI=1S/C16H26N2O2S/c1-14-4-3-10-18(11-9-14)21(19,20)13-16-7-5-15(6-8-16)12-17-2/h5-8,14,17H,3-4,9-13H2,1-2H3. The van der Waals surface area contributed by atoms with Gasteiger partial charge in [0.1, 0.15) is 0 Å². The maximum absolute atomic E-state index is 12.5. The summed E-state index contributed by atoms with van der Waals surface area (Å²) in [6.07, 6.45) is 3.08. The molecule has 0 radical (unpaired) electrons. The highest BCUT2D eigenvalue weighted by Crippen LogP contribution is 2.20. The van der Waals surface area contributed by atoms with Crippen LogP contribution in [0.1, 0.15) is 37.3 Å². The second-order valence-corrected chi connectivity index (χ2v) is 8.01. The molecule has 21 heavy (non-hydrogen) atoms. The monoisotopic (exact) mass is 310 g/mol. The molecule has 0 saturated carbocycles. The summed E-state index contributed by atoms with van der Waals surface area (Å²) in [5.74, 6) is 0.743. The first-order valence-corrected chi connectivity index (χ1v) is 9.32. The van der Waals surface area contributed by atoms with Crippen molar-refractivity contribution < 1.29 is 8.42 Å². The van der Waals surface area contributed by atoms with Gasteiger partial charge < -0.3 is 5.32 Å². The van der Waals surface area contributed by atoms with Gasteiger partial charge in [0.15, 0.2) is 0 Å². The second-order valence-electron chi connectivity index (χ2n) is 6.04. The fraction of sp³-hybridized carbons (Fsp3) is 0.625. The van der Waals surface area contributed by atoms with Crippen LogP contribution in [0.2, 0.25) is 0 Å². The van der Waals surface area contributed by atoms with Crippen molar-refractivity contribution in [3.8, 4) is 0 Å². The van der Waals surface area contributed by atoms with Crippen molar-refractivity contribution in [3.05, 3.63) is 35.4 Å². The van der Waals surface area contributed by atoms with Crippen LogP contribution >= 0.6 is 0 Å².